The Balaban J connectivity index is 3.79. The fourth-order valence-electron chi connectivity index (χ4n) is 1.88. The molecule has 2 N–H and O–H groups in total. The van der Waals surface area contributed by atoms with Gasteiger partial charge in [-0.2, -0.15) is 52.7 Å². The molecule has 0 radical (unpaired) electrons. The molecule has 0 aromatic heterocycles. The minimum atomic E-state index is -6.61. The number of hydrogen-bond donors (Lipinski definition) is 2. The van der Waals surface area contributed by atoms with E-state index in [0.29, 0.717) is 0 Å². The summed E-state index contributed by atoms with van der Waals surface area (Å²) < 4.78 is 153. The van der Waals surface area contributed by atoms with Crippen molar-refractivity contribution < 1.29 is 52.7 Å². The highest BCUT2D eigenvalue weighted by Gasteiger charge is 2.87. The van der Waals surface area contributed by atoms with Crippen molar-refractivity contribution in [1.29, 1.82) is 0 Å². The lowest BCUT2D eigenvalue weighted by molar-refractivity contribution is -0.334. The molecule has 0 bridgehead atoms. The van der Waals surface area contributed by atoms with Gasteiger partial charge >= 0.3 is 24.7 Å². The fourth-order valence-corrected chi connectivity index (χ4v) is 1.88. The predicted molar refractivity (Wildman–Crippen MR) is 49.3 cm³/mol. The van der Waals surface area contributed by atoms with Crippen LogP contribution >= 0.6 is 0 Å². The summed E-state index contributed by atoms with van der Waals surface area (Å²) in [6, 6.07) is 0. The van der Waals surface area contributed by atoms with E-state index in [-0.39, 0.29) is 17.7 Å². The second-order valence-corrected chi connectivity index (χ2v) is 4.31. The van der Waals surface area contributed by atoms with Gasteiger partial charge in [0.25, 0.3) is 11.2 Å². The molecule has 0 saturated carbocycles. The van der Waals surface area contributed by atoms with Gasteiger partial charge in [0.1, 0.15) is 5.84 Å². The summed E-state index contributed by atoms with van der Waals surface area (Å²) in [4.78, 5) is 2.30. The first kappa shape index (κ1) is 19.6. The van der Waals surface area contributed by atoms with E-state index < -0.39 is 41.7 Å². The molecule has 0 unspecified atom stereocenters. The third-order valence-electron chi connectivity index (χ3n) is 2.96. The Morgan fingerprint density at radius 2 is 1.04 bits per heavy atom. The second-order valence-electron chi connectivity index (χ2n) is 4.31. The molecule has 0 amide bonds. The average molecular weight is 371 g/mol. The van der Waals surface area contributed by atoms with E-state index in [1.54, 1.807) is 0 Å². The maximum atomic E-state index is 12.8. The van der Waals surface area contributed by atoms with Crippen LogP contribution in [-0.2, 0) is 0 Å². The monoisotopic (exact) mass is 371 g/mol. The molecule has 1 aliphatic rings. The third-order valence-corrected chi connectivity index (χ3v) is 2.96. The van der Waals surface area contributed by atoms with Crippen molar-refractivity contribution in [3.63, 3.8) is 0 Å². The number of halogens is 12. The molecule has 136 valence electrons. The summed E-state index contributed by atoms with van der Waals surface area (Å²) in [6.45, 7) is 0. The zero-order chi connectivity index (χ0) is 18.7. The minimum Gasteiger partial charge on any atom is -0.339 e. The maximum absolute atomic E-state index is 12.8. The molecule has 0 aliphatic carbocycles. The van der Waals surface area contributed by atoms with Gasteiger partial charge in [-0.05, 0) is 0 Å². The second kappa shape index (κ2) is 4.80. The van der Waals surface area contributed by atoms with Crippen LogP contribution in [0.5, 0.6) is 0 Å². The zero-order valence-electron chi connectivity index (χ0n) is 10.5. The molecule has 1 heterocycles. The SMILES string of the molecule is CN=C1NC(C(F)(F)F)(C(F)(F)F)NC1(C(F)(F)F)C(F)(F)F. The smallest absolute Gasteiger partial charge is 0.339 e. The predicted octanol–water partition coefficient (Wildman–Crippen LogP) is 2.89. The van der Waals surface area contributed by atoms with E-state index in [2.05, 4.69) is 4.99 Å². The van der Waals surface area contributed by atoms with Gasteiger partial charge in [0.2, 0.25) is 0 Å². The first-order valence-electron chi connectivity index (χ1n) is 5.19. The van der Waals surface area contributed by atoms with Crippen molar-refractivity contribution in [2.75, 3.05) is 7.05 Å². The largest absolute Gasteiger partial charge is 0.434 e. The number of amidine groups is 1. The Morgan fingerprint density at radius 1 is 0.696 bits per heavy atom. The molecular formula is C8H5F12N3. The van der Waals surface area contributed by atoms with Gasteiger partial charge in [0.05, 0.1) is 0 Å². The van der Waals surface area contributed by atoms with Gasteiger partial charge in [0.15, 0.2) is 0 Å². The summed E-state index contributed by atoms with van der Waals surface area (Å²) in [6.07, 6.45) is -26.4. The molecular weight excluding hydrogens is 366 g/mol. The molecule has 0 aromatic rings. The van der Waals surface area contributed by atoms with Crippen LogP contribution in [0.2, 0.25) is 0 Å². The lowest BCUT2D eigenvalue weighted by Crippen LogP contribution is -2.75. The van der Waals surface area contributed by atoms with Crippen LogP contribution in [0, 0.1) is 0 Å². The minimum absolute atomic E-state index is 0.180. The van der Waals surface area contributed by atoms with Crippen LogP contribution in [0.25, 0.3) is 0 Å². The number of nitrogens with zero attached hydrogens (tertiary/aromatic N) is 1. The number of rotatable bonds is 0. The van der Waals surface area contributed by atoms with E-state index in [4.69, 9.17) is 0 Å². The lowest BCUT2D eigenvalue weighted by Gasteiger charge is -2.37. The molecule has 1 fully saturated rings. The Bertz CT molecular complexity index is 464. The van der Waals surface area contributed by atoms with E-state index in [9.17, 15) is 52.7 Å². The third kappa shape index (κ3) is 2.48. The zero-order valence-corrected chi connectivity index (χ0v) is 10.5. The molecule has 0 aromatic carbocycles. The molecule has 1 aliphatic heterocycles. The van der Waals surface area contributed by atoms with E-state index in [0.717, 1.165) is 0 Å². The van der Waals surface area contributed by atoms with Crippen molar-refractivity contribution in [2.45, 2.75) is 35.9 Å². The van der Waals surface area contributed by atoms with Crippen LogP contribution in [0.3, 0.4) is 0 Å². The molecule has 3 nitrogen and oxygen atoms in total. The summed E-state index contributed by atoms with van der Waals surface area (Å²) in [5.41, 5.74) is -11.3. The van der Waals surface area contributed by atoms with Crippen molar-refractivity contribution in [3.8, 4) is 0 Å². The number of nitrogens with one attached hydrogen (secondary N) is 2. The Kier molecular flexibility index (Phi) is 4.09. The normalized spacial score (nSPS) is 24.0. The Labute approximate surface area is 118 Å². The maximum Gasteiger partial charge on any atom is 0.434 e. The average Bonchev–Trinajstić information content (AvgIpc) is 2.63. The van der Waals surface area contributed by atoms with Crippen LogP contribution in [0.1, 0.15) is 0 Å². The fraction of sp³-hybridized carbons (Fsp3) is 0.875. The lowest BCUT2D eigenvalue weighted by atomic mass is 9.97. The van der Waals surface area contributed by atoms with Crippen LogP contribution in [0.15, 0.2) is 4.99 Å². The number of alkyl halides is 12. The number of aliphatic imine (C=N–C) groups is 1. The van der Waals surface area contributed by atoms with Crippen molar-refractivity contribution >= 4 is 5.84 Å². The van der Waals surface area contributed by atoms with Gasteiger partial charge < -0.3 is 5.32 Å². The van der Waals surface area contributed by atoms with Crippen molar-refractivity contribution in [3.05, 3.63) is 0 Å². The molecule has 0 atom stereocenters. The summed E-state index contributed by atoms with van der Waals surface area (Å²) >= 11 is 0. The van der Waals surface area contributed by atoms with Crippen LogP contribution < -0.4 is 10.6 Å². The first-order chi connectivity index (χ1) is 9.87. The molecule has 1 saturated heterocycles. The van der Waals surface area contributed by atoms with Gasteiger partial charge in [-0.15, -0.1) is 0 Å². The highest BCUT2D eigenvalue weighted by atomic mass is 19.4. The van der Waals surface area contributed by atoms with Gasteiger partial charge in [-0.1, -0.05) is 0 Å². The summed E-state index contributed by atoms with van der Waals surface area (Å²) in [7, 11) is 0.180. The summed E-state index contributed by atoms with van der Waals surface area (Å²) in [5.74, 6) is -2.60. The topological polar surface area (TPSA) is 36.4 Å². The van der Waals surface area contributed by atoms with E-state index in [1.165, 1.54) is 0 Å². The van der Waals surface area contributed by atoms with E-state index in [1.807, 2.05) is 0 Å². The van der Waals surface area contributed by atoms with Gasteiger partial charge in [0, 0.05) is 7.05 Å². The molecule has 1 rings (SSSR count). The van der Waals surface area contributed by atoms with Gasteiger partial charge in [-0.25, -0.2) is 0 Å². The Morgan fingerprint density at radius 3 is 1.22 bits per heavy atom. The van der Waals surface area contributed by atoms with Gasteiger partial charge in [-0.3, -0.25) is 10.3 Å². The van der Waals surface area contributed by atoms with Crippen molar-refractivity contribution in [2.24, 2.45) is 4.99 Å². The molecule has 0 spiro atoms. The molecule has 15 heteroatoms. The van der Waals surface area contributed by atoms with E-state index >= 15 is 0 Å². The Hall–Kier alpha value is -1.41. The number of hydrogen-bond acceptors (Lipinski definition) is 2. The first-order valence-corrected chi connectivity index (χ1v) is 5.19. The highest BCUT2D eigenvalue weighted by molar-refractivity contribution is 5.96. The van der Waals surface area contributed by atoms with Crippen LogP contribution in [0.4, 0.5) is 52.7 Å². The van der Waals surface area contributed by atoms with Crippen molar-refractivity contribution in [1.82, 2.24) is 10.6 Å². The molecule has 23 heavy (non-hydrogen) atoms. The standard InChI is InChI=1S/C8H5F12N3/c1-21-2-3(5(9,10)11,6(12,13)14)23-4(22-2,7(15,16)17)8(18,19)20/h23H,1H3,(H,21,22). The highest BCUT2D eigenvalue weighted by Crippen LogP contribution is 2.53. The summed E-state index contributed by atoms with van der Waals surface area (Å²) in [5, 5.41) is -0.176. The van der Waals surface area contributed by atoms with Crippen LogP contribution in [-0.4, -0.2) is 48.8 Å². The quantitative estimate of drug-likeness (QED) is 0.643.